The first-order chi connectivity index (χ1) is 14.7. The van der Waals surface area contributed by atoms with Crippen LogP contribution in [0.1, 0.15) is 29.4 Å². The van der Waals surface area contributed by atoms with Gasteiger partial charge < -0.3 is 18.6 Å². The van der Waals surface area contributed by atoms with E-state index in [1.807, 2.05) is 19.1 Å². The van der Waals surface area contributed by atoms with E-state index in [4.69, 9.17) is 18.6 Å². The second-order valence-electron chi connectivity index (χ2n) is 6.40. The third-order valence-corrected chi connectivity index (χ3v) is 4.39. The van der Waals surface area contributed by atoms with Crippen molar-refractivity contribution in [2.24, 2.45) is 0 Å². The van der Waals surface area contributed by atoms with Gasteiger partial charge in [0.1, 0.15) is 25.3 Å². The summed E-state index contributed by atoms with van der Waals surface area (Å²) < 4.78 is 34.2. The summed E-state index contributed by atoms with van der Waals surface area (Å²) in [5.74, 6) is 1.97. The first-order valence-corrected chi connectivity index (χ1v) is 9.72. The van der Waals surface area contributed by atoms with Gasteiger partial charge in [-0.15, -0.1) is 0 Å². The van der Waals surface area contributed by atoms with E-state index in [1.165, 1.54) is 0 Å². The molecule has 0 aliphatic heterocycles. The number of aryl methyl sites for hydroxylation is 1. The minimum atomic E-state index is -0.611. The first kappa shape index (κ1) is 21.4. The molecule has 0 radical (unpaired) electrons. The van der Waals surface area contributed by atoms with Crippen LogP contribution in [0.5, 0.6) is 17.2 Å². The van der Waals surface area contributed by atoms with Crippen LogP contribution in [-0.2, 0) is 6.42 Å². The van der Waals surface area contributed by atoms with E-state index in [0.29, 0.717) is 47.4 Å². The van der Waals surface area contributed by atoms with Crippen LogP contribution in [0, 0.1) is 0 Å². The zero-order valence-corrected chi connectivity index (χ0v) is 17.0. The molecule has 158 valence electrons. The standard InChI is InChI=1S/C23H24FNO5/c1-3-28-22-14-16(8-11-21(22)27-2)23-25-17(15-30-23)9-10-19(26)18-6-4-5-7-20(18)29-13-12-24/h4-8,11,14-15H,3,9-10,12-13H2,1-2H3. The number of hydrogen-bond acceptors (Lipinski definition) is 6. The van der Waals surface area contributed by atoms with Crippen LogP contribution in [0.15, 0.2) is 53.1 Å². The van der Waals surface area contributed by atoms with Gasteiger partial charge in [-0.2, -0.15) is 0 Å². The second kappa shape index (κ2) is 10.4. The molecule has 0 bridgehead atoms. The number of benzene rings is 2. The van der Waals surface area contributed by atoms with E-state index in [2.05, 4.69) is 4.98 Å². The second-order valence-corrected chi connectivity index (χ2v) is 6.40. The average Bonchev–Trinajstić information content (AvgIpc) is 3.25. The van der Waals surface area contributed by atoms with Crippen molar-refractivity contribution in [2.75, 3.05) is 27.0 Å². The topological polar surface area (TPSA) is 70.8 Å². The zero-order chi connectivity index (χ0) is 21.3. The summed E-state index contributed by atoms with van der Waals surface area (Å²) in [6.45, 7) is 1.71. The molecule has 0 amide bonds. The van der Waals surface area contributed by atoms with Gasteiger partial charge in [-0.3, -0.25) is 4.79 Å². The number of ketones is 1. The lowest BCUT2D eigenvalue weighted by atomic mass is 10.0. The van der Waals surface area contributed by atoms with E-state index in [1.54, 1.807) is 43.7 Å². The van der Waals surface area contributed by atoms with Crippen molar-refractivity contribution < 1.29 is 27.8 Å². The molecule has 1 heterocycles. The van der Waals surface area contributed by atoms with Gasteiger partial charge in [-0.1, -0.05) is 12.1 Å². The summed E-state index contributed by atoms with van der Waals surface area (Å²) in [4.78, 5) is 17.1. The van der Waals surface area contributed by atoms with Gasteiger partial charge in [0.05, 0.1) is 25.0 Å². The van der Waals surface area contributed by atoms with Gasteiger partial charge in [0.25, 0.3) is 0 Å². The Morgan fingerprint density at radius 3 is 2.70 bits per heavy atom. The zero-order valence-electron chi connectivity index (χ0n) is 17.0. The van der Waals surface area contributed by atoms with Gasteiger partial charge in [-0.05, 0) is 37.3 Å². The lowest BCUT2D eigenvalue weighted by molar-refractivity contribution is 0.0978. The third kappa shape index (κ3) is 5.17. The highest BCUT2D eigenvalue weighted by molar-refractivity contribution is 5.98. The third-order valence-electron chi connectivity index (χ3n) is 4.39. The number of oxazole rings is 1. The molecule has 3 rings (SSSR count). The number of methoxy groups -OCH3 is 1. The SMILES string of the molecule is CCOc1cc(-c2nc(CCC(=O)c3ccccc3OCCF)co2)ccc1OC. The number of Topliss-reactive ketones (excluding diaryl/α,β-unsaturated/α-hetero) is 1. The summed E-state index contributed by atoms with van der Waals surface area (Å²) in [5, 5.41) is 0. The fraction of sp³-hybridized carbons (Fsp3) is 0.304. The van der Waals surface area contributed by atoms with E-state index < -0.39 is 6.67 Å². The summed E-state index contributed by atoms with van der Waals surface area (Å²) in [6, 6.07) is 12.3. The highest BCUT2D eigenvalue weighted by Gasteiger charge is 2.15. The Labute approximate surface area is 174 Å². The molecule has 0 aliphatic carbocycles. The lowest BCUT2D eigenvalue weighted by Gasteiger charge is -2.09. The Morgan fingerprint density at radius 2 is 1.93 bits per heavy atom. The smallest absolute Gasteiger partial charge is 0.226 e. The van der Waals surface area contributed by atoms with E-state index >= 15 is 0 Å². The van der Waals surface area contributed by atoms with Crippen LogP contribution >= 0.6 is 0 Å². The monoisotopic (exact) mass is 413 g/mol. The lowest BCUT2D eigenvalue weighted by Crippen LogP contribution is -2.07. The fourth-order valence-corrected chi connectivity index (χ4v) is 2.98. The average molecular weight is 413 g/mol. The maximum Gasteiger partial charge on any atom is 0.226 e. The number of aromatic nitrogens is 1. The summed E-state index contributed by atoms with van der Waals surface area (Å²) in [5.41, 5.74) is 1.85. The molecule has 0 N–H and O–H groups in total. The Balaban J connectivity index is 1.68. The summed E-state index contributed by atoms with van der Waals surface area (Å²) in [6.07, 6.45) is 2.18. The predicted octanol–water partition coefficient (Wildman–Crippen LogP) is 4.91. The number of ether oxygens (including phenoxy) is 3. The van der Waals surface area contributed by atoms with Crippen LogP contribution < -0.4 is 14.2 Å². The number of rotatable bonds is 11. The van der Waals surface area contributed by atoms with Crippen molar-refractivity contribution in [2.45, 2.75) is 19.8 Å². The molecular formula is C23H24FNO5. The molecule has 30 heavy (non-hydrogen) atoms. The number of hydrogen-bond donors (Lipinski definition) is 0. The number of para-hydroxylation sites is 1. The van der Waals surface area contributed by atoms with Crippen molar-refractivity contribution >= 4 is 5.78 Å². The van der Waals surface area contributed by atoms with Gasteiger partial charge in [0.15, 0.2) is 17.3 Å². The van der Waals surface area contributed by atoms with Crippen LogP contribution in [-0.4, -0.2) is 37.8 Å². The van der Waals surface area contributed by atoms with Gasteiger partial charge in [0, 0.05) is 18.4 Å². The Morgan fingerprint density at radius 1 is 1.10 bits per heavy atom. The van der Waals surface area contributed by atoms with Crippen molar-refractivity contribution in [3.05, 3.63) is 60.0 Å². The number of carbonyl (C=O) groups is 1. The maximum absolute atomic E-state index is 12.6. The van der Waals surface area contributed by atoms with Crippen molar-refractivity contribution in [3.8, 4) is 28.7 Å². The number of nitrogens with zero attached hydrogens (tertiary/aromatic N) is 1. The van der Waals surface area contributed by atoms with Gasteiger partial charge >= 0.3 is 0 Å². The molecule has 0 saturated carbocycles. The molecule has 1 aromatic heterocycles. The minimum absolute atomic E-state index is 0.0808. The van der Waals surface area contributed by atoms with Crippen molar-refractivity contribution in [3.63, 3.8) is 0 Å². The normalized spacial score (nSPS) is 10.6. The highest BCUT2D eigenvalue weighted by Crippen LogP contribution is 2.32. The molecule has 0 spiro atoms. The molecule has 0 fully saturated rings. The highest BCUT2D eigenvalue weighted by atomic mass is 19.1. The Kier molecular flexibility index (Phi) is 7.43. The van der Waals surface area contributed by atoms with Crippen LogP contribution in [0.2, 0.25) is 0 Å². The van der Waals surface area contributed by atoms with Gasteiger partial charge in [-0.25, -0.2) is 9.37 Å². The van der Waals surface area contributed by atoms with E-state index in [-0.39, 0.29) is 18.8 Å². The molecular weight excluding hydrogens is 389 g/mol. The quantitative estimate of drug-likeness (QED) is 0.416. The minimum Gasteiger partial charge on any atom is -0.493 e. The molecule has 0 atom stereocenters. The number of halogens is 1. The van der Waals surface area contributed by atoms with E-state index in [9.17, 15) is 9.18 Å². The molecule has 0 saturated heterocycles. The molecule has 2 aromatic carbocycles. The molecule has 0 unspecified atom stereocenters. The van der Waals surface area contributed by atoms with E-state index in [0.717, 1.165) is 5.56 Å². The van der Waals surface area contributed by atoms with Crippen LogP contribution in [0.4, 0.5) is 4.39 Å². The number of alkyl halides is 1. The van der Waals surface area contributed by atoms with Crippen LogP contribution in [0.25, 0.3) is 11.5 Å². The molecule has 0 aliphatic rings. The number of carbonyl (C=O) groups excluding carboxylic acids is 1. The molecule has 7 heteroatoms. The summed E-state index contributed by atoms with van der Waals surface area (Å²) >= 11 is 0. The first-order valence-electron chi connectivity index (χ1n) is 9.72. The molecule has 6 nitrogen and oxygen atoms in total. The fourth-order valence-electron chi connectivity index (χ4n) is 2.98. The largest absolute Gasteiger partial charge is 0.493 e. The Bertz CT molecular complexity index is 985. The predicted molar refractivity (Wildman–Crippen MR) is 110 cm³/mol. The summed E-state index contributed by atoms with van der Waals surface area (Å²) in [7, 11) is 1.58. The maximum atomic E-state index is 12.6. The van der Waals surface area contributed by atoms with Crippen molar-refractivity contribution in [1.82, 2.24) is 4.98 Å². The Hall–Kier alpha value is -3.35. The van der Waals surface area contributed by atoms with Gasteiger partial charge in [0.2, 0.25) is 5.89 Å². The van der Waals surface area contributed by atoms with Crippen molar-refractivity contribution in [1.29, 1.82) is 0 Å². The van der Waals surface area contributed by atoms with Crippen LogP contribution in [0.3, 0.4) is 0 Å². The molecule has 3 aromatic rings.